The number of aryl methyl sites for hydroxylation is 1. The zero-order chi connectivity index (χ0) is 22.0. The van der Waals surface area contributed by atoms with Gasteiger partial charge in [0.05, 0.1) is 24.8 Å². The topological polar surface area (TPSA) is 70.1 Å². The number of aliphatic hydroxyl groups is 1. The van der Waals surface area contributed by atoms with E-state index in [1.54, 1.807) is 17.0 Å². The van der Waals surface area contributed by atoms with E-state index in [9.17, 15) is 14.7 Å². The molecule has 0 bridgehead atoms. The lowest BCUT2D eigenvalue weighted by atomic mass is 9.95. The van der Waals surface area contributed by atoms with Crippen LogP contribution in [0.1, 0.15) is 22.7 Å². The van der Waals surface area contributed by atoms with Crippen molar-refractivity contribution in [2.45, 2.75) is 13.0 Å². The van der Waals surface area contributed by atoms with E-state index >= 15 is 0 Å². The molecule has 162 valence electrons. The fraction of sp³-hybridized carbons (Fsp3) is 0.333. The second kappa shape index (κ2) is 9.34. The molecule has 2 aromatic carbocycles. The summed E-state index contributed by atoms with van der Waals surface area (Å²) in [5.41, 5.74) is 2.50. The minimum absolute atomic E-state index is 0.137. The molecule has 6 nitrogen and oxygen atoms in total. The average Bonchev–Trinajstić information content (AvgIpc) is 3.04. The van der Waals surface area contributed by atoms with Crippen molar-refractivity contribution in [1.29, 1.82) is 0 Å². The predicted molar refractivity (Wildman–Crippen MR) is 122 cm³/mol. The molecule has 0 aromatic heterocycles. The molecular weight excluding hydrogens is 460 g/mol. The highest BCUT2D eigenvalue weighted by atomic mass is 79.9. The summed E-state index contributed by atoms with van der Waals surface area (Å²) in [6.45, 7) is 5.94. The van der Waals surface area contributed by atoms with Gasteiger partial charge >= 0.3 is 0 Å². The first-order chi connectivity index (χ1) is 15.0. The molecule has 0 saturated carbocycles. The van der Waals surface area contributed by atoms with Gasteiger partial charge in [-0.2, -0.15) is 0 Å². The first-order valence-electron chi connectivity index (χ1n) is 10.4. The van der Waals surface area contributed by atoms with Crippen LogP contribution in [-0.2, 0) is 14.3 Å². The second-order valence-corrected chi connectivity index (χ2v) is 8.78. The van der Waals surface area contributed by atoms with E-state index in [4.69, 9.17) is 4.74 Å². The van der Waals surface area contributed by atoms with Gasteiger partial charge in [0.2, 0.25) is 0 Å². The van der Waals surface area contributed by atoms with E-state index < -0.39 is 17.7 Å². The van der Waals surface area contributed by atoms with Crippen molar-refractivity contribution in [2.24, 2.45) is 0 Å². The van der Waals surface area contributed by atoms with Gasteiger partial charge in [-0.05, 0) is 24.6 Å². The molecule has 2 heterocycles. The fourth-order valence-corrected chi connectivity index (χ4v) is 4.31. The highest BCUT2D eigenvalue weighted by molar-refractivity contribution is 9.10. The third-order valence-corrected chi connectivity index (χ3v) is 6.34. The Morgan fingerprint density at radius 3 is 2.32 bits per heavy atom. The van der Waals surface area contributed by atoms with Crippen LogP contribution in [0, 0.1) is 6.92 Å². The number of carbonyl (C=O) groups excluding carboxylic acids is 2. The lowest BCUT2D eigenvalue weighted by Crippen LogP contribution is -2.42. The van der Waals surface area contributed by atoms with Crippen molar-refractivity contribution >= 4 is 33.4 Å². The fourth-order valence-electron chi connectivity index (χ4n) is 4.04. The Bertz CT molecular complexity index is 995. The van der Waals surface area contributed by atoms with Gasteiger partial charge in [-0.15, -0.1) is 0 Å². The molecule has 2 aliphatic rings. The van der Waals surface area contributed by atoms with Crippen molar-refractivity contribution in [3.63, 3.8) is 0 Å². The molecule has 2 aliphatic heterocycles. The zero-order valence-corrected chi connectivity index (χ0v) is 19.0. The summed E-state index contributed by atoms with van der Waals surface area (Å²) in [6, 6.07) is 14.2. The molecule has 2 fully saturated rings. The number of morpholine rings is 1. The molecule has 1 atom stereocenters. The molecule has 7 heteroatoms. The van der Waals surface area contributed by atoms with Gasteiger partial charge in [-0.1, -0.05) is 57.9 Å². The summed E-state index contributed by atoms with van der Waals surface area (Å²) in [7, 11) is 0. The van der Waals surface area contributed by atoms with E-state index in [0.717, 1.165) is 28.7 Å². The zero-order valence-electron chi connectivity index (χ0n) is 17.4. The van der Waals surface area contributed by atoms with Crippen molar-refractivity contribution in [2.75, 3.05) is 39.4 Å². The number of halogens is 1. The van der Waals surface area contributed by atoms with Crippen LogP contribution >= 0.6 is 15.9 Å². The van der Waals surface area contributed by atoms with Crippen LogP contribution in [0.15, 0.2) is 58.6 Å². The van der Waals surface area contributed by atoms with Crippen LogP contribution in [-0.4, -0.2) is 66.0 Å². The number of nitrogens with zero attached hydrogens (tertiary/aromatic N) is 2. The number of ketones is 1. The minimum Gasteiger partial charge on any atom is -0.507 e. The Hall–Kier alpha value is -2.48. The number of rotatable bonds is 5. The molecule has 0 aliphatic carbocycles. The normalized spacial score (nSPS) is 21.6. The molecule has 0 unspecified atom stereocenters. The van der Waals surface area contributed by atoms with Crippen LogP contribution in [0.2, 0.25) is 0 Å². The van der Waals surface area contributed by atoms with Gasteiger partial charge in [0.15, 0.2) is 0 Å². The molecule has 4 rings (SSSR count). The van der Waals surface area contributed by atoms with Crippen LogP contribution in [0.4, 0.5) is 0 Å². The van der Waals surface area contributed by atoms with Crippen LogP contribution < -0.4 is 0 Å². The number of ether oxygens (including phenoxy) is 1. The van der Waals surface area contributed by atoms with Gasteiger partial charge < -0.3 is 14.7 Å². The summed E-state index contributed by atoms with van der Waals surface area (Å²) in [6.07, 6.45) is 0. The quantitative estimate of drug-likeness (QED) is 0.399. The first kappa shape index (κ1) is 21.7. The number of amides is 1. The molecular formula is C24H25BrN2O4. The lowest BCUT2D eigenvalue weighted by Gasteiger charge is -2.31. The van der Waals surface area contributed by atoms with Gasteiger partial charge in [0.25, 0.3) is 11.7 Å². The van der Waals surface area contributed by atoms with Crippen LogP contribution in [0.5, 0.6) is 0 Å². The molecule has 2 saturated heterocycles. The van der Waals surface area contributed by atoms with Gasteiger partial charge in [0.1, 0.15) is 5.76 Å². The number of hydrogen-bond acceptors (Lipinski definition) is 5. The largest absolute Gasteiger partial charge is 0.507 e. The summed E-state index contributed by atoms with van der Waals surface area (Å²) in [5.74, 6) is -1.36. The van der Waals surface area contributed by atoms with Crippen LogP contribution in [0.25, 0.3) is 5.76 Å². The maximum Gasteiger partial charge on any atom is 0.295 e. The highest BCUT2D eigenvalue weighted by Gasteiger charge is 2.46. The summed E-state index contributed by atoms with van der Waals surface area (Å²) in [5, 5.41) is 11.1. The van der Waals surface area contributed by atoms with Gasteiger partial charge in [0, 0.05) is 36.2 Å². The Morgan fingerprint density at radius 2 is 1.68 bits per heavy atom. The molecule has 2 aromatic rings. The molecule has 1 amide bonds. The molecule has 0 radical (unpaired) electrons. The Balaban J connectivity index is 1.72. The van der Waals surface area contributed by atoms with Crippen molar-refractivity contribution in [3.05, 3.63) is 75.3 Å². The number of likely N-dealkylation sites (tertiary alicyclic amines) is 1. The summed E-state index contributed by atoms with van der Waals surface area (Å²) >= 11 is 3.44. The SMILES string of the molecule is Cc1ccc(C(O)=C2C(=O)C(=O)N(CCN3CCOCC3)[C@H]2c2ccc(Br)cc2)cc1. The predicted octanol–water partition coefficient (Wildman–Crippen LogP) is 3.51. The summed E-state index contributed by atoms with van der Waals surface area (Å²) in [4.78, 5) is 29.9. The first-order valence-corrected chi connectivity index (χ1v) is 11.2. The number of aliphatic hydroxyl groups excluding tert-OH is 1. The summed E-state index contributed by atoms with van der Waals surface area (Å²) < 4.78 is 6.30. The molecule has 31 heavy (non-hydrogen) atoms. The number of Topliss-reactive ketones (excluding diaryl/α,β-unsaturated/α-hetero) is 1. The standard InChI is InChI=1S/C24H25BrN2O4/c1-16-2-4-18(5-3-16)22(28)20-21(17-6-8-19(25)9-7-17)27(24(30)23(20)29)11-10-26-12-14-31-15-13-26/h2-9,21,28H,10-15H2,1H3/t21-/m0/s1. The van der Waals surface area contributed by atoms with Crippen molar-refractivity contribution < 1.29 is 19.4 Å². The number of hydrogen-bond donors (Lipinski definition) is 1. The lowest BCUT2D eigenvalue weighted by molar-refractivity contribution is -0.140. The molecule has 1 N–H and O–H groups in total. The average molecular weight is 485 g/mol. The Labute approximate surface area is 190 Å². The number of carbonyl (C=O) groups is 2. The minimum atomic E-state index is -0.645. The smallest absolute Gasteiger partial charge is 0.295 e. The van der Waals surface area contributed by atoms with E-state index in [0.29, 0.717) is 31.9 Å². The third-order valence-electron chi connectivity index (χ3n) is 5.81. The van der Waals surface area contributed by atoms with E-state index in [1.807, 2.05) is 43.3 Å². The van der Waals surface area contributed by atoms with E-state index in [2.05, 4.69) is 20.8 Å². The van der Waals surface area contributed by atoms with Crippen molar-refractivity contribution in [3.8, 4) is 0 Å². The van der Waals surface area contributed by atoms with Crippen molar-refractivity contribution in [1.82, 2.24) is 9.80 Å². The van der Waals surface area contributed by atoms with Gasteiger partial charge in [-0.3, -0.25) is 14.5 Å². The number of benzene rings is 2. The third kappa shape index (κ3) is 4.59. The van der Waals surface area contributed by atoms with Gasteiger partial charge in [-0.25, -0.2) is 0 Å². The Morgan fingerprint density at radius 1 is 1.03 bits per heavy atom. The maximum atomic E-state index is 13.0. The highest BCUT2D eigenvalue weighted by Crippen LogP contribution is 2.39. The molecule has 0 spiro atoms. The monoisotopic (exact) mass is 484 g/mol. The van der Waals surface area contributed by atoms with E-state index in [1.165, 1.54) is 0 Å². The maximum absolute atomic E-state index is 13.0. The second-order valence-electron chi connectivity index (χ2n) is 7.86. The van der Waals surface area contributed by atoms with Crippen LogP contribution in [0.3, 0.4) is 0 Å². The Kier molecular flexibility index (Phi) is 6.55. The van der Waals surface area contributed by atoms with E-state index in [-0.39, 0.29) is 11.3 Å².